The van der Waals surface area contributed by atoms with Crippen LogP contribution < -0.4 is 0 Å². The smallest absolute Gasteiger partial charge is 0.125 e. The van der Waals surface area contributed by atoms with Crippen LogP contribution in [0.15, 0.2) is 58.8 Å². The lowest BCUT2D eigenvalue weighted by atomic mass is 10.2. The SMILES string of the molecule is Cc1[nH]c2ccccc2c1N=Nc1cccc(F)c1. The highest BCUT2D eigenvalue weighted by molar-refractivity contribution is 5.92. The van der Waals surface area contributed by atoms with E-state index in [4.69, 9.17) is 0 Å². The standard InChI is InChI=1S/C15H12FN3/c1-10-15(13-7-2-3-8-14(13)17-10)19-18-12-6-4-5-11(16)9-12/h2-9,17H,1H3. The molecule has 0 atom stereocenters. The zero-order valence-electron chi connectivity index (χ0n) is 10.4. The molecule has 1 heterocycles. The molecule has 0 bridgehead atoms. The first-order valence-electron chi connectivity index (χ1n) is 5.98. The van der Waals surface area contributed by atoms with Crippen molar-refractivity contribution in [3.05, 3.63) is 60.0 Å². The van der Waals surface area contributed by atoms with Gasteiger partial charge in [-0.2, -0.15) is 5.11 Å². The van der Waals surface area contributed by atoms with Crippen molar-refractivity contribution in [3.63, 3.8) is 0 Å². The van der Waals surface area contributed by atoms with Crippen molar-refractivity contribution in [2.75, 3.05) is 0 Å². The van der Waals surface area contributed by atoms with Crippen LogP contribution in [-0.2, 0) is 0 Å². The summed E-state index contributed by atoms with van der Waals surface area (Å²) in [5.74, 6) is -0.313. The van der Waals surface area contributed by atoms with Crippen LogP contribution in [0.1, 0.15) is 5.69 Å². The first kappa shape index (κ1) is 11.6. The number of aromatic nitrogens is 1. The summed E-state index contributed by atoms with van der Waals surface area (Å²) in [5.41, 5.74) is 3.26. The Morgan fingerprint density at radius 1 is 1.00 bits per heavy atom. The second-order valence-corrected chi connectivity index (χ2v) is 4.32. The third kappa shape index (κ3) is 2.25. The maximum atomic E-state index is 13.1. The molecule has 1 N–H and O–H groups in total. The number of azo groups is 1. The van der Waals surface area contributed by atoms with Crippen molar-refractivity contribution in [2.24, 2.45) is 10.2 Å². The largest absolute Gasteiger partial charge is 0.357 e. The van der Waals surface area contributed by atoms with Crippen molar-refractivity contribution in [3.8, 4) is 0 Å². The molecule has 0 fully saturated rings. The van der Waals surface area contributed by atoms with Gasteiger partial charge in [-0.25, -0.2) is 4.39 Å². The zero-order chi connectivity index (χ0) is 13.2. The molecule has 0 aliphatic rings. The summed E-state index contributed by atoms with van der Waals surface area (Å²) >= 11 is 0. The first-order chi connectivity index (χ1) is 9.24. The Morgan fingerprint density at radius 2 is 1.84 bits per heavy atom. The number of para-hydroxylation sites is 1. The first-order valence-corrected chi connectivity index (χ1v) is 5.98. The average Bonchev–Trinajstić information content (AvgIpc) is 2.72. The molecule has 94 valence electrons. The number of halogens is 1. The van der Waals surface area contributed by atoms with Crippen molar-refractivity contribution in [1.29, 1.82) is 0 Å². The monoisotopic (exact) mass is 253 g/mol. The summed E-state index contributed by atoms with van der Waals surface area (Å²) in [5, 5.41) is 9.33. The van der Waals surface area contributed by atoms with Gasteiger partial charge in [0.25, 0.3) is 0 Å². The minimum atomic E-state index is -0.313. The molecule has 3 aromatic rings. The molecule has 0 aliphatic carbocycles. The van der Waals surface area contributed by atoms with Crippen molar-refractivity contribution < 1.29 is 4.39 Å². The van der Waals surface area contributed by atoms with Gasteiger partial charge in [0, 0.05) is 22.7 Å². The Kier molecular flexibility index (Phi) is 2.83. The molecule has 0 aliphatic heterocycles. The fraction of sp³-hybridized carbons (Fsp3) is 0.0667. The maximum Gasteiger partial charge on any atom is 0.125 e. The van der Waals surface area contributed by atoms with Crippen LogP contribution in [0.3, 0.4) is 0 Å². The van der Waals surface area contributed by atoms with Crippen LogP contribution in [0.5, 0.6) is 0 Å². The van der Waals surface area contributed by atoms with E-state index in [1.54, 1.807) is 12.1 Å². The number of nitrogens with one attached hydrogen (secondary N) is 1. The molecule has 0 saturated carbocycles. The predicted molar refractivity (Wildman–Crippen MR) is 73.6 cm³/mol. The zero-order valence-corrected chi connectivity index (χ0v) is 10.4. The minimum absolute atomic E-state index is 0.313. The molecule has 0 saturated heterocycles. The van der Waals surface area contributed by atoms with Gasteiger partial charge in [0.1, 0.15) is 11.5 Å². The van der Waals surface area contributed by atoms with Gasteiger partial charge in [0.2, 0.25) is 0 Å². The van der Waals surface area contributed by atoms with E-state index in [0.29, 0.717) is 5.69 Å². The van der Waals surface area contributed by atoms with Crippen LogP contribution in [0, 0.1) is 12.7 Å². The number of aromatic amines is 1. The normalized spacial score (nSPS) is 11.5. The third-order valence-corrected chi connectivity index (χ3v) is 2.93. The molecule has 2 aromatic carbocycles. The van der Waals surface area contributed by atoms with E-state index < -0.39 is 0 Å². The second-order valence-electron chi connectivity index (χ2n) is 4.32. The van der Waals surface area contributed by atoms with Crippen LogP contribution in [0.2, 0.25) is 0 Å². The average molecular weight is 253 g/mol. The molecule has 1 aromatic heterocycles. The van der Waals surface area contributed by atoms with Gasteiger partial charge >= 0.3 is 0 Å². The van der Waals surface area contributed by atoms with Crippen LogP contribution in [0.4, 0.5) is 15.8 Å². The van der Waals surface area contributed by atoms with Gasteiger partial charge in [0.15, 0.2) is 0 Å². The number of aryl methyl sites for hydroxylation is 1. The quantitative estimate of drug-likeness (QED) is 0.622. The lowest BCUT2D eigenvalue weighted by molar-refractivity contribution is 0.628. The van der Waals surface area contributed by atoms with E-state index >= 15 is 0 Å². The van der Waals surface area contributed by atoms with Crippen LogP contribution >= 0.6 is 0 Å². The maximum absolute atomic E-state index is 13.1. The summed E-state index contributed by atoms with van der Waals surface area (Å²) in [6.07, 6.45) is 0. The lowest BCUT2D eigenvalue weighted by Gasteiger charge is -1.94. The highest BCUT2D eigenvalue weighted by atomic mass is 19.1. The number of hydrogen-bond donors (Lipinski definition) is 1. The Hall–Kier alpha value is -2.49. The van der Waals surface area contributed by atoms with Gasteiger partial charge in [0.05, 0.1) is 5.69 Å². The molecule has 0 radical (unpaired) electrons. The van der Waals surface area contributed by atoms with Crippen LogP contribution in [-0.4, -0.2) is 4.98 Å². The molecular formula is C15H12FN3. The number of hydrogen-bond acceptors (Lipinski definition) is 2. The molecule has 0 spiro atoms. The Bertz CT molecular complexity index is 759. The number of fused-ring (bicyclic) bond motifs is 1. The van der Waals surface area contributed by atoms with Gasteiger partial charge in [-0.05, 0) is 25.1 Å². The number of nitrogens with zero attached hydrogens (tertiary/aromatic N) is 2. The van der Waals surface area contributed by atoms with Crippen molar-refractivity contribution in [2.45, 2.75) is 6.92 Å². The topological polar surface area (TPSA) is 40.5 Å². The Morgan fingerprint density at radius 3 is 2.68 bits per heavy atom. The van der Waals surface area contributed by atoms with Gasteiger partial charge in [-0.15, -0.1) is 5.11 Å². The van der Waals surface area contributed by atoms with E-state index in [2.05, 4.69) is 15.2 Å². The van der Waals surface area contributed by atoms with Gasteiger partial charge < -0.3 is 4.98 Å². The highest BCUT2D eigenvalue weighted by Crippen LogP contribution is 2.31. The van der Waals surface area contributed by atoms with E-state index in [9.17, 15) is 4.39 Å². The number of benzene rings is 2. The number of rotatable bonds is 2. The number of H-pyrrole nitrogens is 1. The fourth-order valence-electron chi connectivity index (χ4n) is 2.04. The summed E-state index contributed by atoms with van der Waals surface area (Å²) in [6, 6.07) is 14.0. The molecule has 0 amide bonds. The second kappa shape index (κ2) is 4.65. The van der Waals surface area contributed by atoms with Crippen LogP contribution in [0.25, 0.3) is 10.9 Å². The molecular weight excluding hydrogens is 241 g/mol. The van der Waals surface area contributed by atoms with E-state index in [1.807, 2.05) is 31.2 Å². The molecule has 0 unspecified atom stereocenters. The highest BCUT2D eigenvalue weighted by Gasteiger charge is 2.06. The predicted octanol–water partition coefficient (Wildman–Crippen LogP) is 5.03. The summed E-state index contributed by atoms with van der Waals surface area (Å²) in [6.45, 7) is 1.94. The van der Waals surface area contributed by atoms with E-state index in [1.165, 1.54) is 12.1 Å². The molecule has 3 rings (SSSR count). The van der Waals surface area contributed by atoms with Gasteiger partial charge in [-0.3, -0.25) is 0 Å². The summed E-state index contributed by atoms with van der Waals surface area (Å²) in [4.78, 5) is 3.25. The van der Waals surface area contributed by atoms with Crippen molar-refractivity contribution >= 4 is 22.3 Å². The summed E-state index contributed by atoms with van der Waals surface area (Å²) in [7, 11) is 0. The molecule has 3 nitrogen and oxygen atoms in total. The third-order valence-electron chi connectivity index (χ3n) is 2.93. The van der Waals surface area contributed by atoms with Crippen molar-refractivity contribution in [1.82, 2.24) is 4.98 Å². The minimum Gasteiger partial charge on any atom is -0.357 e. The Balaban J connectivity index is 2.03. The van der Waals surface area contributed by atoms with E-state index in [0.717, 1.165) is 22.3 Å². The lowest BCUT2D eigenvalue weighted by Crippen LogP contribution is -1.70. The molecule has 19 heavy (non-hydrogen) atoms. The van der Waals surface area contributed by atoms with Gasteiger partial charge in [-0.1, -0.05) is 24.3 Å². The summed E-state index contributed by atoms with van der Waals surface area (Å²) < 4.78 is 13.1. The molecule has 4 heteroatoms. The fourth-order valence-corrected chi connectivity index (χ4v) is 2.04. The van der Waals surface area contributed by atoms with E-state index in [-0.39, 0.29) is 5.82 Å². The Labute approximate surface area is 109 Å².